The van der Waals surface area contributed by atoms with Crippen LogP contribution in [-0.2, 0) is 25.5 Å². The Kier molecular flexibility index (Phi) is 8.85. The van der Waals surface area contributed by atoms with E-state index < -0.39 is 53.0 Å². The molecular weight excluding hydrogens is 434 g/mol. The van der Waals surface area contributed by atoms with Crippen molar-refractivity contribution < 1.29 is 28.8 Å². The number of rotatable bonds is 8. The number of non-ortho nitro benzene ring substituents is 1. The van der Waals surface area contributed by atoms with Crippen LogP contribution in [0, 0.1) is 10.1 Å². The summed E-state index contributed by atoms with van der Waals surface area (Å²) in [6.45, 7) is 5.25. The summed E-state index contributed by atoms with van der Waals surface area (Å²) >= 11 is 0. The highest BCUT2D eigenvalue weighted by atomic mass is 16.6. The molecule has 0 saturated carbocycles. The Bertz CT molecular complexity index is 889. The molecule has 0 aromatic heterocycles. The van der Waals surface area contributed by atoms with Crippen LogP contribution in [0.3, 0.4) is 0 Å². The molecule has 1 aromatic rings. The first-order valence-electron chi connectivity index (χ1n) is 10.5. The maximum Gasteiger partial charge on any atom is 0.408 e. The molecule has 1 saturated heterocycles. The van der Waals surface area contributed by atoms with Crippen LogP contribution in [-0.4, -0.2) is 59.5 Å². The van der Waals surface area contributed by atoms with E-state index in [0.29, 0.717) is 18.5 Å². The molecular formula is C21H29N5O7. The molecule has 1 aromatic carbocycles. The molecule has 0 bridgehead atoms. The summed E-state index contributed by atoms with van der Waals surface area (Å²) in [5.41, 5.74) is -0.325. The number of ether oxygens (including phenoxy) is 1. The van der Waals surface area contributed by atoms with Gasteiger partial charge in [0.15, 0.2) is 0 Å². The molecule has 180 valence electrons. The van der Waals surface area contributed by atoms with Crippen LogP contribution in [0.4, 0.5) is 10.5 Å². The third-order valence-corrected chi connectivity index (χ3v) is 4.65. The maximum atomic E-state index is 12.8. The van der Waals surface area contributed by atoms with E-state index in [2.05, 4.69) is 21.3 Å². The van der Waals surface area contributed by atoms with Gasteiger partial charge in [-0.15, -0.1) is 0 Å². The molecule has 33 heavy (non-hydrogen) atoms. The lowest BCUT2D eigenvalue weighted by Gasteiger charge is -2.21. The predicted octanol–water partition coefficient (Wildman–Crippen LogP) is 0.542. The Morgan fingerprint density at radius 3 is 2.42 bits per heavy atom. The number of amides is 4. The highest BCUT2D eigenvalue weighted by Crippen LogP contribution is 2.14. The van der Waals surface area contributed by atoms with Gasteiger partial charge in [0.05, 0.1) is 11.0 Å². The lowest BCUT2D eigenvalue weighted by Crippen LogP contribution is -2.54. The maximum absolute atomic E-state index is 12.8. The molecule has 1 aliphatic rings. The largest absolute Gasteiger partial charge is 0.444 e. The van der Waals surface area contributed by atoms with Crippen molar-refractivity contribution in [1.29, 1.82) is 0 Å². The third-order valence-electron chi connectivity index (χ3n) is 4.65. The van der Waals surface area contributed by atoms with E-state index >= 15 is 0 Å². The van der Waals surface area contributed by atoms with Crippen LogP contribution in [0.15, 0.2) is 24.3 Å². The molecule has 4 amide bonds. The summed E-state index contributed by atoms with van der Waals surface area (Å²) in [6, 6.07) is 3.85. The minimum atomic E-state index is -1.15. The summed E-state index contributed by atoms with van der Waals surface area (Å²) in [7, 11) is 0. The van der Waals surface area contributed by atoms with E-state index in [1.807, 2.05) is 0 Å². The normalized spacial score (nSPS) is 16.4. The van der Waals surface area contributed by atoms with Crippen molar-refractivity contribution in [3.05, 3.63) is 39.9 Å². The van der Waals surface area contributed by atoms with E-state index in [1.165, 1.54) is 24.3 Å². The molecule has 0 unspecified atom stereocenters. The number of hydrogen-bond acceptors (Lipinski definition) is 8. The standard InChI is InChI=1S/C21H29N5O7/c1-21(2,3)33-20(30)23-12-17(27)24-16(11-13-6-8-14(9-7-13)26(31)32)19(29)25-18(28)15-5-4-10-22-15/h6-9,15-16,22H,4-5,10-12H2,1-3H3,(H,23,30)(H,24,27)(H,25,28,29)/t15-,16-/m0/s1. The summed E-state index contributed by atoms with van der Waals surface area (Å²) in [5.74, 6) is -1.89. The predicted molar refractivity (Wildman–Crippen MR) is 117 cm³/mol. The van der Waals surface area contributed by atoms with Crippen molar-refractivity contribution in [3.8, 4) is 0 Å². The molecule has 2 atom stereocenters. The second kappa shape index (κ2) is 11.4. The molecule has 4 N–H and O–H groups in total. The second-order valence-corrected chi connectivity index (χ2v) is 8.61. The molecule has 2 rings (SSSR count). The van der Waals surface area contributed by atoms with Crippen LogP contribution in [0.1, 0.15) is 39.2 Å². The number of imide groups is 1. The highest BCUT2D eigenvalue weighted by Gasteiger charge is 2.28. The van der Waals surface area contributed by atoms with E-state index in [1.54, 1.807) is 20.8 Å². The van der Waals surface area contributed by atoms with Gasteiger partial charge in [-0.1, -0.05) is 12.1 Å². The summed E-state index contributed by atoms with van der Waals surface area (Å²) in [5, 5.41) is 20.9. The number of nitro groups is 1. The van der Waals surface area contributed by atoms with Crippen molar-refractivity contribution in [3.63, 3.8) is 0 Å². The molecule has 1 aliphatic heterocycles. The van der Waals surface area contributed by atoms with Gasteiger partial charge in [-0.2, -0.15) is 0 Å². The number of carbonyl (C=O) groups is 4. The van der Waals surface area contributed by atoms with Crippen LogP contribution >= 0.6 is 0 Å². The molecule has 0 spiro atoms. The first-order chi connectivity index (χ1) is 15.4. The minimum absolute atomic E-state index is 0.0205. The van der Waals surface area contributed by atoms with Gasteiger partial charge in [0.2, 0.25) is 17.7 Å². The van der Waals surface area contributed by atoms with Gasteiger partial charge in [-0.25, -0.2) is 4.79 Å². The molecule has 0 aliphatic carbocycles. The summed E-state index contributed by atoms with van der Waals surface area (Å²) < 4.78 is 5.06. The lowest BCUT2D eigenvalue weighted by atomic mass is 10.0. The van der Waals surface area contributed by atoms with E-state index in [0.717, 1.165) is 6.42 Å². The van der Waals surface area contributed by atoms with E-state index in [9.17, 15) is 29.3 Å². The second-order valence-electron chi connectivity index (χ2n) is 8.61. The Balaban J connectivity index is 2.04. The van der Waals surface area contributed by atoms with Gasteiger partial charge in [0.1, 0.15) is 18.2 Å². The molecule has 12 nitrogen and oxygen atoms in total. The lowest BCUT2D eigenvalue weighted by molar-refractivity contribution is -0.384. The van der Waals surface area contributed by atoms with Crippen LogP contribution in [0.25, 0.3) is 0 Å². The number of benzene rings is 1. The van der Waals surface area contributed by atoms with Crippen molar-refractivity contribution in [1.82, 2.24) is 21.3 Å². The summed E-state index contributed by atoms with van der Waals surface area (Å²) in [4.78, 5) is 59.5. The summed E-state index contributed by atoms with van der Waals surface area (Å²) in [6.07, 6.45) is 0.591. The minimum Gasteiger partial charge on any atom is -0.444 e. The topological polar surface area (TPSA) is 169 Å². The van der Waals surface area contributed by atoms with Crippen molar-refractivity contribution >= 4 is 29.5 Å². The fourth-order valence-corrected chi connectivity index (χ4v) is 3.11. The van der Waals surface area contributed by atoms with Gasteiger partial charge in [-0.05, 0) is 45.7 Å². The van der Waals surface area contributed by atoms with Crippen LogP contribution in [0.5, 0.6) is 0 Å². The van der Waals surface area contributed by atoms with Gasteiger partial charge in [-0.3, -0.25) is 29.8 Å². The zero-order valence-electron chi connectivity index (χ0n) is 18.8. The first kappa shape index (κ1) is 25.7. The number of carbonyl (C=O) groups excluding carboxylic acids is 4. The van der Waals surface area contributed by atoms with Gasteiger partial charge >= 0.3 is 6.09 Å². The van der Waals surface area contributed by atoms with E-state index in [-0.39, 0.29) is 12.1 Å². The zero-order chi connectivity index (χ0) is 24.6. The number of nitro benzene ring substituents is 1. The number of alkyl carbamates (subject to hydrolysis) is 1. The highest BCUT2D eigenvalue weighted by molar-refractivity contribution is 6.01. The monoisotopic (exact) mass is 463 g/mol. The SMILES string of the molecule is CC(C)(C)OC(=O)NCC(=O)N[C@@H](Cc1ccc([N+](=O)[O-])cc1)C(=O)NC(=O)[C@@H]1CCCN1. The van der Waals surface area contributed by atoms with Crippen molar-refractivity contribution in [2.45, 2.75) is 57.7 Å². The van der Waals surface area contributed by atoms with Gasteiger partial charge in [0.25, 0.3) is 5.69 Å². The number of hydrogen-bond donors (Lipinski definition) is 4. The number of nitrogens with zero attached hydrogens (tertiary/aromatic N) is 1. The fraction of sp³-hybridized carbons (Fsp3) is 0.524. The third kappa shape index (κ3) is 8.85. The fourth-order valence-electron chi connectivity index (χ4n) is 3.11. The quantitative estimate of drug-likeness (QED) is 0.320. The average molecular weight is 463 g/mol. The molecule has 1 fully saturated rings. The van der Waals surface area contributed by atoms with E-state index in [4.69, 9.17) is 4.74 Å². The van der Waals surface area contributed by atoms with Crippen LogP contribution in [0.2, 0.25) is 0 Å². The number of nitrogens with one attached hydrogen (secondary N) is 4. The molecule has 12 heteroatoms. The van der Waals surface area contributed by atoms with Gasteiger partial charge < -0.3 is 20.7 Å². The van der Waals surface area contributed by atoms with Crippen molar-refractivity contribution in [2.75, 3.05) is 13.1 Å². The van der Waals surface area contributed by atoms with Gasteiger partial charge in [0, 0.05) is 18.6 Å². The average Bonchev–Trinajstić information content (AvgIpc) is 3.26. The Hall–Kier alpha value is -3.54. The smallest absolute Gasteiger partial charge is 0.408 e. The first-order valence-corrected chi connectivity index (χ1v) is 10.5. The van der Waals surface area contributed by atoms with Crippen molar-refractivity contribution in [2.24, 2.45) is 0 Å². The Morgan fingerprint density at radius 2 is 1.88 bits per heavy atom. The van der Waals surface area contributed by atoms with Crippen LogP contribution < -0.4 is 21.3 Å². The molecule has 0 radical (unpaired) electrons. The molecule has 1 heterocycles. The zero-order valence-corrected chi connectivity index (χ0v) is 18.8. The Labute approximate surface area is 191 Å². The Morgan fingerprint density at radius 1 is 1.21 bits per heavy atom.